The minimum atomic E-state index is 0. The van der Waals surface area contributed by atoms with Crippen LogP contribution in [-0.4, -0.2) is 19.0 Å². The Bertz CT molecular complexity index is 367. The van der Waals surface area contributed by atoms with E-state index in [2.05, 4.69) is 10.6 Å². The highest BCUT2D eigenvalue weighted by molar-refractivity contribution is 6.30. The van der Waals surface area contributed by atoms with Gasteiger partial charge in [-0.2, -0.15) is 0 Å². The Labute approximate surface area is 106 Å². The van der Waals surface area contributed by atoms with Crippen LogP contribution < -0.4 is 10.6 Å². The molecule has 0 bridgehead atoms. The van der Waals surface area contributed by atoms with Crippen LogP contribution in [-0.2, 0) is 11.3 Å². The maximum atomic E-state index is 11.5. The Morgan fingerprint density at radius 2 is 2.25 bits per heavy atom. The number of hydrogen-bond donors (Lipinski definition) is 2. The molecule has 1 amide bonds. The van der Waals surface area contributed by atoms with Crippen molar-refractivity contribution in [2.45, 2.75) is 6.54 Å². The lowest BCUT2D eigenvalue weighted by Gasteiger charge is -2.25. The van der Waals surface area contributed by atoms with Crippen LogP contribution in [0.4, 0.5) is 0 Å². The van der Waals surface area contributed by atoms with Gasteiger partial charge in [0, 0.05) is 24.7 Å². The van der Waals surface area contributed by atoms with E-state index in [0.29, 0.717) is 11.6 Å². The van der Waals surface area contributed by atoms with E-state index in [-0.39, 0.29) is 24.2 Å². The molecule has 16 heavy (non-hydrogen) atoms. The molecule has 2 N–H and O–H groups in total. The van der Waals surface area contributed by atoms with E-state index in [0.717, 1.165) is 18.7 Å². The number of benzene rings is 1. The minimum Gasteiger partial charge on any atom is -0.352 e. The predicted octanol–water partition coefficient (Wildman–Crippen LogP) is 1.60. The first-order valence-electron chi connectivity index (χ1n) is 4.98. The molecule has 1 heterocycles. The average molecular weight is 261 g/mol. The Kier molecular flexibility index (Phi) is 5.06. The standard InChI is InChI=1S/C11H13ClN2O.ClH/c12-10-3-1-2-8(4-10)5-14-11(15)9-6-13-7-9;/h1-4,9,13H,5-7H2,(H,14,15);1H. The van der Waals surface area contributed by atoms with E-state index in [9.17, 15) is 4.79 Å². The van der Waals surface area contributed by atoms with Gasteiger partial charge in [0.05, 0.1) is 5.92 Å². The summed E-state index contributed by atoms with van der Waals surface area (Å²) in [5, 5.41) is 6.66. The van der Waals surface area contributed by atoms with Crippen LogP contribution in [0.25, 0.3) is 0 Å². The lowest BCUT2D eigenvalue weighted by Crippen LogP contribution is -2.50. The van der Waals surface area contributed by atoms with Crippen LogP contribution in [0, 0.1) is 5.92 Å². The molecule has 2 rings (SSSR count). The highest BCUT2D eigenvalue weighted by Crippen LogP contribution is 2.10. The van der Waals surface area contributed by atoms with Gasteiger partial charge in [0.2, 0.25) is 5.91 Å². The number of rotatable bonds is 3. The first-order chi connectivity index (χ1) is 7.25. The van der Waals surface area contributed by atoms with Gasteiger partial charge in [-0.1, -0.05) is 23.7 Å². The summed E-state index contributed by atoms with van der Waals surface area (Å²) >= 11 is 5.84. The van der Waals surface area contributed by atoms with E-state index in [1.54, 1.807) is 0 Å². The number of hydrogen-bond acceptors (Lipinski definition) is 2. The number of amides is 1. The van der Waals surface area contributed by atoms with Gasteiger partial charge >= 0.3 is 0 Å². The summed E-state index contributed by atoms with van der Waals surface area (Å²) in [4.78, 5) is 11.5. The van der Waals surface area contributed by atoms with E-state index >= 15 is 0 Å². The van der Waals surface area contributed by atoms with E-state index in [1.165, 1.54) is 0 Å². The maximum Gasteiger partial charge on any atom is 0.225 e. The van der Waals surface area contributed by atoms with Gasteiger partial charge in [0.1, 0.15) is 0 Å². The summed E-state index contributed by atoms with van der Waals surface area (Å²) in [6.45, 7) is 2.14. The third kappa shape index (κ3) is 3.37. The van der Waals surface area contributed by atoms with Crippen LogP contribution >= 0.6 is 24.0 Å². The van der Waals surface area contributed by atoms with Crippen molar-refractivity contribution in [2.75, 3.05) is 13.1 Å². The summed E-state index contributed by atoms with van der Waals surface area (Å²) in [7, 11) is 0. The van der Waals surface area contributed by atoms with Crippen molar-refractivity contribution in [1.29, 1.82) is 0 Å². The monoisotopic (exact) mass is 260 g/mol. The van der Waals surface area contributed by atoms with Crippen LogP contribution in [0.2, 0.25) is 5.02 Å². The summed E-state index contributed by atoms with van der Waals surface area (Å²) in [5.74, 6) is 0.262. The van der Waals surface area contributed by atoms with Crippen LogP contribution in [0.15, 0.2) is 24.3 Å². The van der Waals surface area contributed by atoms with Gasteiger partial charge in [-0.15, -0.1) is 12.4 Å². The fraction of sp³-hybridized carbons (Fsp3) is 0.364. The van der Waals surface area contributed by atoms with E-state index < -0.39 is 0 Å². The average Bonchev–Trinajstić information content (AvgIpc) is 2.12. The second kappa shape index (κ2) is 6.09. The zero-order chi connectivity index (χ0) is 10.7. The quantitative estimate of drug-likeness (QED) is 0.867. The minimum absolute atomic E-state index is 0. The fourth-order valence-corrected chi connectivity index (χ4v) is 1.67. The van der Waals surface area contributed by atoms with Gasteiger partial charge in [-0.05, 0) is 17.7 Å². The SMILES string of the molecule is Cl.O=C(NCc1cccc(Cl)c1)C1CNC1. The molecule has 88 valence electrons. The van der Waals surface area contributed by atoms with E-state index in [1.807, 2.05) is 24.3 Å². The van der Waals surface area contributed by atoms with Gasteiger partial charge in [-0.3, -0.25) is 4.79 Å². The summed E-state index contributed by atoms with van der Waals surface area (Å²) in [6, 6.07) is 7.52. The number of carbonyl (C=O) groups excluding carboxylic acids is 1. The molecule has 0 saturated carbocycles. The largest absolute Gasteiger partial charge is 0.352 e. The van der Waals surface area contributed by atoms with Crippen molar-refractivity contribution in [3.63, 3.8) is 0 Å². The molecule has 0 atom stereocenters. The normalized spacial score (nSPS) is 14.8. The molecular formula is C11H14Cl2N2O. The number of halogens is 2. The van der Waals surface area contributed by atoms with E-state index in [4.69, 9.17) is 11.6 Å². The van der Waals surface area contributed by atoms with Crippen LogP contribution in [0.3, 0.4) is 0 Å². The molecule has 1 aliphatic rings. The molecule has 1 saturated heterocycles. The lowest BCUT2D eigenvalue weighted by molar-refractivity contribution is -0.126. The van der Waals surface area contributed by atoms with Crippen LogP contribution in [0.1, 0.15) is 5.56 Å². The van der Waals surface area contributed by atoms with Gasteiger partial charge in [0.15, 0.2) is 0 Å². The Morgan fingerprint density at radius 3 is 2.81 bits per heavy atom. The molecule has 0 aromatic heterocycles. The van der Waals surface area contributed by atoms with Crippen molar-refractivity contribution >= 4 is 29.9 Å². The first kappa shape index (κ1) is 13.3. The van der Waals surface area contributed by atoms with Gasteiger partial charge in [-0.25, -0.2) is 0 Å². The Morgan fingerprint density at radius 1 is 1.50 bits per heavy atom. The molecule has 0 radical (unpaired) electrons. The number of nitrogens with one attached hydrogen (secondary N) is 2. The summed E-state index contributed by atoms with van der Waals surface area (Å²) in [5.41, 5.74) is 1.03. The molecule has 0 spiro atoms. The molecule has 1 fully saturated rings. The molecular weight excluding hydrogens is 247 g/mol. The molecule has 0 aliphatic carbocycles. The van der Waals surface area contributed by atoms with Gasteiger partial charge in [0.25, 0.3) is 0 Å². The fourth-order valence-electron chi connectivity index (χ4n) is 1.45. The molecule has 0 unspecified atom stereocenters. The smallest absolute Gasteiger partial charge is 0.225 e. The molecule has 1 aliphatic heterocycles. The van der Waals surface area contributed by atoms with Gasteiger partial charge < -0.3 is 10.6 Å². The molecule has 1 aromatic carbocycles. The zero-order valence-electron chi connectivity index (χ0n) is 8.70. The van der Waals surface area contributed by atoms with Crippen molar-refractivity contribution in [3.05, 3.63) is 34.9 Å². The van der Waals surface area contributed by atoms with Crippen molar-refractivity contribution < 1.29 is 4.79 Å². The highest BCUT2D eigenvalue weighted by Gasteiger charge is 2.24. The van der Waals surface area contributed by atoms with Crippen molar-refractivity contribution in [1.82, 2.24) is 10.6 Å². The van der Waals surface area contributed by atoms with Crippen molar-refractivity contribution in [2.24, 2.45) is 5.92 Å². The molecule has 5 heteroatoms. The third-order valence-electron chi connectivity index (χ3n) is 2.51. The topological polar surface area (TPSA) is 41.1 Å². The second-order valence-electron chi connectivity index (χ2n) is 3.70. The zero-order valence-corrected chi connectivity index (χ0v) is 10.3. The summed E-state index contributed by atoms with van der Waals surface area (Å²) < 4.78 is 0. The molecule has 1 aromatic rings. The molecule has 3 nitrogen and oxygen atoms in total. The maximum absolute atomic E-state index is 11.5. The highest BCUT2D eigenvalue weighted by atomic mass is 35.5. The second-order valence-corrected chi connectivity index (χ2v) is 4.14. The number of carbonyl (C=O) groups is 1. The predicted molar refractivity (Wildman–Crippen MR) is 66.9 cm³/mol. The van der Waals surface area contributed by atoms with Crippen molar-refractivity contribution in [3.8, 4) is 0 Å². The summed E-state index contributed by atoms with van der Waals surface area (Å²) in [6.07, 6.45) is 0. The Hall–Kier alpha value is -0.770. The third-order valence-corrected chi connectivity index (χ3v) is 2.74. The Balaban J connectivity index is 0.00000128. The first-order valence-corrected chi connectivity index (χ1v) is 5.36. The lowest BCUT2D eigenvalue weighted by atomic mass is 10.0. The van der Waals surface area contributed by atoms with Crippen LogP contribution in [0.5, 0.6) is 0 Å².